The van der Waals surface area contributed by atoms with Crippen molar-refractivity contribution in [2.75, 3.05) is 18.4 Å². The molecule has 0 spiro atoms. The summed E-state index contributed by atoms with van der Waals surface area (Å²) in [5, 5.41) is 11.4. The Morgan fingerprint density at radius 2 is 1.90 bits per heavy atom. The van der Waals surface area contributed by atoms with Gasteiger partial charge in [-0.25, -0.2) is 0 Å². The van der Waals surface area contributed by atoms with Gasteiger partial charge in [-0.05, 0) is 36.6 Å². The van der Waals surface area contributed by atoms with Gasteiger partial charge < -0.3 is 10.2 Å². The van der Waals surface area contributed by atoms with E-state index in [1.54, 1.807) is 29.2 Å². The molecule has 21 heavy (non-hydrogen) atoms. The maximum absolute atomic E-state index is 12.0. The lowest BCUT2D eigenvalue weighted by atomic mass is 10.1. The van der Waals surface area contributed by atoms with E-state index in [9.17, 15) is 9.59 Å². The van der Waals surface area contributed by atoms with Crippen LogP contribution in [0.25, 0.3) is 0 Å². The Morgan fingerprint density at radius 3 is 2.38 bits per heavy atom. The largest absolute Gasteiger partial charge is 0.334 e. The minimum absolute atomic E-state index is 0.0437. The van der Waals surface area contributed by atoms with Crippen LogP contribution in [-0.4, -0.2) is 29.8 Å². The van der Waals surface area contributed by atoms with E-state index in [0.29, 0.717) is 23.7 Å². The fourth-order valence-corrected chi connectivity index (χ4v) is 1.76. The van der Waals surface area contributed by atoms with E-state index in [4.69, 9.17) is 5.26 Å². The fourth-order valence-electron chi connectivity index (χ4n) is 1.76. The average Bonchev–Trinajstić information content (AvgIpc) is 2.43. The monoisotopic (exact) mass is 287 g/mol. The Hall–Kier alpha value is -2.35. The molecule has 0 aliphatic heterocycles. The minimum atomic E-state index is -0.237. The van der Waals surface area contributed by atoms with Crippen molar-refractivity contribution in [1.82, 2.24) is 4.90 Å². The summed E-state index contributed by atoms with van der Waals surface area (Å²) in [5.74, 6) is 0.137. The second-order valence-electron chi connectivity index (χ2n) is 5.36. The predicted molar refractivity (Wildman–Crippen MR) is 81.5 cm³/mol. The minimum Gasteiger partial charge on any atom is -0.334 e. The molecule has 0 radical (unpaired) electrons. The Labute approximate surface area is 125 Å². The van der Waals surface area contributed by atoms with Crippen LogP contribution < -0.4 is 5.32 Å². The van der Waals surface area contributed by atoms with Crippen LogP contribution in [0.1, 0.15) is 32.8 Å². The van der Waals surface area contributed by atoms with Crippen LogP contribution in [0.5, 0.6) is 0 Å². The number of carbonyl (C=O) groups excluding carboxylic acids is 2. The van der Waals surface area contributed by atoms with E-state index in [1.165, 1.54) is 6.92 Å². The smallest absolute Gasteiger partial charge is 0.243 e. The molecule has 0 aliphatic carbocycles. The summed E-state index contributed by atoms with van der Waals surface area (Å²) in [4.78, 5) is 25.0. The molecule has 5 nitrogen and oxygen atoms in total. The highest BCUT2D eigenvalue weighted by atomic mass is 16.2. The molecule has 0 atom stereocenters. The van der Waals surface area contributed by atoms with Gasteiger partial charge in [-0.3, -0.25) is 9.59 Å². The van der Waals surface area contributed by atoms with Crippen LogP contribution in [-0.2, 0) is 9.59 Å². The second-order valence-corrected chi connectivity index (χ2v) is 5.36. The molecule has 0 aliphatic rings. The van der Waals surface area contributed by atoms with Crippen molar-refractivity contribution >= 4 is 17.5 Å². The number of nitrogens with zero attached hydrogens (tertiary/aromatic N) is 2. The number of rotatable bonds is 6. The molecule has 1 N–H and O–H groups in total. The molecule has 0 heterocycles. The third kappa shape index (κ3) is 6.09. The molecule has 1 rings (SSSR count). The highest BCUT2D eigenvalue weighted by molar-refractivity contribution is 5.94. The average molecular weight is 287 g/mol. The summed E-state index contributed by atoms with van der Waals surface area (Å²) in [6, 6.07) is 8.63. The van der Waals surface area contributed by atoms with Crippen molar-refractivity contribution in [3.05, 3.63) is 29.8 Å². The Kier molecular flexibility index (Phi) is 6.41. The van der Waals surface area contributed by atoms with E-state index < -0.39 is 0 Å². The SMILES string of the molecule is CC(=O)N(CCC(C)C)CC(=O)Nc1ccc(C#N)cc1. The first-order valence-electron chi connectivity index (χ1n) is 6.98. The molecule has 0 aromatic heterocycles. The van der Waals surface area contributed by atoms with Crippen LogP contribution in [0.15, 0.2) is 24.3 Å². The quantitative estimate of drug-likeness (QED) is 0.873. The van der Waals surface area contributed by atoms with E-state index >= 15 is 0 Å². The molecule has 0 fully saturated rings. The first-order valence-corrected chi connectivity index (χ1v) is 6.98. The molecular weight excluding hydrogens is 266 g/mol. The molecule has 112 valence electrons. The highest BCUT2D eigenvalue weighted by Gasteiger charge is 2.14. The van der Waals surface area contributed by atoms with E-state index in [2.05, 4.69) is 19.2 Å². The molecule has 0 unspecified atom stereocenters. The zero-order valence-electron chi connectivity index (χ0n) is 12.7. The number of nitrogens with one attached hydrogen (secondary N) is 1. The Bertz CT molecular complexity index is 529. The number of amides is 2. The van der Waals surface area contributed by atoms with Crippen LogP contribution in [0.2, 0.25) is 0 Å². The van der Waals surface area contributed by atoms with Gasteiger partial charge in [-0.2, -0.15) is 5.26 Å². The van der Waals surface area contributed by atoms with Gasteiger partial charge in [0.15, 0.2) is 0 Å². The maximum Gasteiger partial charge on any atom is 0.243 e. The van der Waals surface area contributed by atoms with Crippen molar-refractivity contribution in [3.63, 3.8) is 0 Å². The van der Waals surface area contributed by atoms with Gasteiger partial charge in [0.2, 0.25) is 11.8 Å². The summed E-state index contributed by atoms with van der Waals surface area (Å²) >= 11 is 0. The van der Waals surface area contributed by atoms with Gasteiger partial charge in [0, 0.05) is 19.2 Å². The first-order chi connectivity index (χ1) is 9.92. The van der Waals surface area contributed by atoms with Crippen LogP contribution in [0.4, 0.5) is 5.69 Å². The van der Waals surface area contributed by atoms with Gasteiger partial charge >= 0.3 is 0 Å². The third-order valence-corrected chi connectivity index (χ3v) is 3.05. The number of hydrogen-bond acceptors (Lipinski definition) is 3. The number of anilines is 1. The summed E-state index contributed by atoms with van der Waals surface area (Å²) in [5.41, 5.74) is 1.15. The molecule has 2 amide bonds. The molecule has 5 heteroatoms. The van der Waals surface area contributed by atoms with Gasteiger partial charge in [0.25, 0.3) is 0 Å². The lowest BCUT2D eigenvalue weighted by molar-refractivity contribution is -0.132. The van der Waals surface area contributed by atoms with Crippen molar-refractivity contribution < 1.29 is 9.59 Å². The lowest BCUT2D eigenvalue weighted by Crippen LogP contribution is -2.37. The molecule has 0 saturated heterocycles. The topological polar surface area (TPSA) is 73.2 Å². The molecule has 0 saturated carbocycles. The highest BCUT2D eigenvalue weighted by Crippen LogP contribution is 2.09. The van der Waals surface area contributed by atoms with Crippen LogP contribution >= 0.6 is 0 Å². The zero-order valence-corrected chi connectivity index (χ0v) is 12.7. The summed E-state index contributed by atoms with van der Waals surface area (Å²) in [7, 11) is 0. The third-order valence-electron chi connectivity index (χ3n) is 3.05. The standard InChI is InChI=1S/C16H21N3O2/c1-12(2)8-9-19(13(3)20)11-16(21)18-15-6-4-14(10-17)5-7-15/h4-7,12H,8-9,11H2,1-3H3,(H,18,21). The fraction of sp³-hybridized carbons (Fsp3) is 0.438. The Balaban J connectivity index is 2.56. The van der Waals surface area contributed by atoms with Gasteiger partial charge in [0.05, 0.1) is 18.2 Å². The maximum atomic E-state index is 12.0. The number of benzene rings is 1. The van der Waals surface area contributed by atoms with Crippen molar-refractivity contribution in [3.8, 4) is 6.07 Å². The first kappa shape index (κ1) is 16.7. The van der Waals surface area contributed by atoms with Crippen molar-refractivity contribution in [2.45, 2.75) is 27.2 Å². The second kappa shape index (κ2) is 8.05. The summed E-state index contributed by atoms with van der Waals surface area (Å²) < 4.78 is 0. The predicted octanol–water partition coefficient (Wildman–Crippen LogP) is 2.39. The van der Waals surface area contributed by atoms with Crippen molar-refractivity contribution in [2.24, 2.45) is 5.92 Å². The molecule has 1 aromatic carbocycles. The number of hydrogen-bond donors (Lipinski definition) is 1. The van der Waals surface area contributed by atoms with Gasteiger partial charge in [-0.1, -0.05) is 13.8 Å². The molecular formula is C16H21N3O2. The normalized spacial score (nSPS) is 10.0. The zero-order chi connectivity index (χ0) is 15.8. The van der Waals surface area contributed by atoms with Crippen LogP contribution in [0.3, 0.4) is 0 Å². The van der Waals surface area contributed by atoms with Gasteiger partial charge in [0.1, 0.15) is 0 Å². The van der Waals surface area contributed by atoms with Gasteiger partial charge in [-0.15, -0.1) is 0 Å². The number of carbonyl (C=O) groups is 2. The molecule has 0 bridgehead atoms. The van der Waals surface area contributed by atoms with E-state index in [-0.39, 0.29) is 18.4 Å². The van der Waals surface area contributed by atoms with Crippen LogP contribution in [0, 0.1) is 17.2 Å². The lowest BCUT2D eigenvalue weighted by Gasteiger charge is -2.21. The summed E-state index contributed by atoms with van der Waals surface area (Å²) in [6.07, 6.45) is 0.865. The number of nitriles is 1. The van der Waals surface area contributed by atoms with E-state index in [1.807, 2.05) is 6.07 Å². The molecule has 1 aromatic rings. The van der Waals surface area contributed by atoms with Crippen molar-refractivity contribution in [1.29, 1.82) is 5.26 Å². The summed E-state index contributed by atoms with van der Waals surface area (Å²) in [6.45, 7) is 6.25. The van der Waals surface area contributed by atoms with E-state index in [0.717, 1.165) is 6.42 Å². The Morgan fingerprint density at radius 1 is 1.29 bits per heavy atom.